The van der Waals surface area contributed by atoms with Gasteiger partial charge in [-0.25, -0.2) is 0 Å². The van der Waals surface area contributed by atoms with Gasteiger partial charge < -0.3 is 10.6 Å². The predicted octanol–water partition coefficient (Wildman–Crippen LogP) is 3.87. The van der Waals surface area contributed by atoms with E-state index < -0.39 is 0 Å². The maximum absolute atomic E-state index is 12.3. The summed E-state index contributed by atoms with van der Waals surface area (Å²) in [5, 5.41) is 6.15. The standard InChI is InChI=1S/C20H21ClN2O2S/c1-15(24)23-19(13-16-5-3-2-4-6-16)20(25)22-11-12-26-14-17-7-9-18(21)10-8-17/h2-10,13H,11-12,14H2,1H3,(H,22,25)(H,23,24)/b19-13-. The highest BCUT2D eigenvalue weighted by Gasteiger charge is 2.10. The fourth-order valence-corrected chi connectivity index (χ4v) is 3.11. The van der Waals surface area contributed by atoms with E-state index >= 15 is 0 Å². The molecule has 0 aliphatic rings. The van der Waals surface area contributed by atoms with Crippen molar-refractivity contribution < 1.29 is 9.59 Å². The fourth-order valence-electron chi connectivity index (χ4n) is 2.17. The summed E-state index contributed by atoms with van der Waals surface area (Å²) in [7, 11) is 0. The van der Waals surface area contributed by atoms with E-state index in [9.17, 15) is 9.59 Å². The minimum atomic E-state index is -0.295. The molecule has 2 N–H and O–H groups in total. The number of amides is 2. The van der Waals surface area contributed by atoms with Crippen LogP contribution in [0.4, 0.5) is 0 Å². The lowest BCUT2D eigenvalue weighted by Crippen LogP contribution is -2.34. The molecular weight excluding hydrogens is 368 g/mol. The molecule has 136 valence electrons. The van der Waals surface area contributed by atoms with Crippen molar-refractivity contribution in [2.45, 2.75) is 12.7 Å². The van der Waals surface area contributed by atoms with Gasteiger partial charge in [0.05, 0.1) is 0 Å². The zero-order chi connectivity index (χ0) is 18.8. The van der Waals surface area contributed by atoms with Gasteiger partial charge in [0.25, 0.3) is 5.91 Å². The highest BCUT2D eigenvalue weighted by Crippen LogP contribution is 2.15. The van der Waals surface area contributed by atoms with E-state index in [-0.39, 0.29) is 17.5 Å². The molecule has 0 aromatic heterocycles. The molecule has 0 aliphatic heterocycles. The topological polar surface area (TPSA) is 58.2 Å². The smallest absolute Gasteiger partial charge is 0.267 e. The molecule has 0 bridgehead atoms. The van der Waals surface area contributed by atoms with Crippen LogP contribution in [0.1, 0.15) is 18.1 Å². The Labute approximate surface area is 163 Å². The molecule has 0 aliphatic carbocycles. The van der Waals surface area contributed by atoms with Gasteiger partial charge in [-0.05, 0) is 29.3 Å². The second-order valence-electron chi connectivity index (χ2n) is 5.58. The summed E-state index contributed by atoms with van der Waals surface area (Å²) < 4.78 is 0. The normalized spacial score (nSPS) is 11.1. The molecule has 0 saturated carbocycles. The first-order valence-electron chi connectivity index (χ1n) is 8.19. The molecule has 0 heterocycles. The first-order valence-corrected chi connectivity index (χ1v) is 9.72. The lowest BCUT2D eigenvalue weighted by molar-refractivity contribution is -0.122. The average molecular weight is 389 g/mol. The van der Waals surface area contributed by atoms with Crippen LogP contribution >= 0.6 is 23.4 Å². The quantitative estimate of drug-likeness (QED) is 0.533. The van der Waals surface area contributed by atoms with Crippen LogP contribution in [0.15, 0.2) is 60.3 Å². The van der Waals surface area contributed by atoms with Gasteiger partial charge in [-0.3, -0.25) is 9.59 Å². The first-order chi connectivity index (χ1) is 12.5. The Balaban J connectivity index is 1.82. The van der Waals surface area contributed by atoms with Crippen LogP contribution in [0, 0.1) is 0 Å². The van der Waals surface area contributed by atoms with Gasteiger partial charge >= 0.3 is 0 Å². The number of hydrogen-bond donors (Lipinski definition) is 2. The average Bonchev–Trinajstić information content (AvgIpc) is 2.63. The Kier molecular flexibility index (Phi) is 8.25. The second-order valence-corrected chi connectivity index (χ2v) is 7.13. The van der Waals surface area contributed by atoms with Crippen molar-refractivity contribution in [3.63, 3.8) is 0 Å². The maximum Gasteiger partial charge on any atom is 0.267 e. The number of thioether (sulfide) groups is 1. The third-order valence-electron chi connectivity index (χ3n) is 3.38. The van der Waals surface area contributed by atoms with Crippen LogP contribution in [0.2, 0.25) is 5.02 Å². The van der Waals surface area contributed by atoms with Crippen molar-refractivity contribution in [2.75, 3.05) is 12.3 Å². The van der Waals surface area contributed by atoms with E-state index in [2.05, 4.69) is 10.6 Å². The van der Waals surface area contributed by atoms with Crippen molar-refractivity contribution in [2.24, 2.45) is 0 Å². The Morgan fingerprint density at radius 2 is 1.77 bits per heavy atom. The summed E-state index contributed by atoms with van der Waals surface area (Å²) in [4.78, 5) is 23.7. The van der Waals surface area contributed by atoms with Gasteiger partial charge in [0.1, 0.15) is 5.70 Å². The predicted molar refractivity (Wildman–Crippen MR) is 109 cm³/mol. The molecule has 0 radical (unpaired) electrons. The largest absolute Gasteiger partial charge is 0.350 e. The molecule has 4 nitrogen and oxygen atoms in total. The molecule has 26 heavy (non-hydrogen) atoms. The summed E-state index contributed by atoms with van der Waals surface area (Å²) in [6.07, 6.45) is 1.66. The number of halogens is 1. The van der Waals surface area contributed by atoms with Crippen molar-refractivity contribution in [3.05, 3.63) is 76.4 Å². The minimum absolute atomic E-state index is 0.242. The van der Waals surface area contributed by atoms with Gasteiger partial charge in [0, 0.05) is 30.0 Å². The SMILES string of the molecule is CC(=O)N/C(=C\c1ccccc1)C(=O)NCCSCc1ccc(Cl)cc1. The molecular formula is C20H21ClN2O2S. The fraction of sp³-hybridized carbons (Fsp3) is 0.200. The lowest BCUT2D eigenvalue weighted by Gasteiger charge is -2.10. The molecule has 0 saturated heterocycles. The van der Waals surface area contributed by atoms with Crippen LogP contribution in [0.3, 0.4) is 0 Å². The van der Waals surface area contributed by atoms with E-state index in [1.165, 1.54) is 12.5 Å². The Morgan fingerprint density at radius 3 is 2.42 bits per heavy atom. The van der Waals surface area contributed by atoms with E-state index in [4.69, 9.17) is 11.6 Å². The monoisotopic (exact) mass is 388 g/mol. The van der Waals surface area contributed by atoms with Gasteiger partial charge in [0.15, 0.2) is 0 Å². The molecule has 6 heteroatoms. The van der Waals surface area contributed by atoms with Crippen molar-refractivity contribution in [1.82, 2.24) is 10.6 Å². The third kappa shape index (κ3) is 7.33. The van der Waals surface area contributed by atoms with Crippen molar-refractivity contribution in [3.8, 4) is 0 Å². The van der Waals surface area contributed by atoms with Crippen LogP contribution in [-0.2, 0) is 15.3 Å². The molecule has 2 aromatic carbocycles. The molecule has 2 rings (SSSR count). The molecule has 2 amide bonds. The molecule has 0 unspecified atom stereocenters. The van der Waals surface area contributed by atoms with Crippen molar-refractivity contribution in [1.29, 1.82) is 0 Å². The van der Waals surface area contributed by atoms with E-state index in [0.717, 1.165) is 22.1 Å². The van der Waals surface area contributed by atoms with E-state index in [0.29, 0.717) is 6.54 Å². The summed E-state index contributed by atoms with van der Waals surface area (Å²) in [6, 6.07) is 17.1. The van der Waals surface area contributed by atoms with Gasteiger partial charge in [0.2, 0.25) is 5.91 Å². The number of hydrogen-bond acceptors (Lipinski definition) is 3. The summed E-state index contributed by atoms with van der Waals surface area (Å²) in [5.41, 5.74) is 2.28. The Morgan fingerprint density at radius 1 is 1.08 bits per heavy atom. The minimum Gasteiger partial charge on any atom is -0.350 e. The Bertz CT molecular complexity index is 761. The highest BCUT2D eigenvalue weighted by atomic mass is 35.5. The van der Waals surface area contributed by atoms with E-state index in [1.807, 2.05) is 54.6 Å². The summed E-state index contributed by atoms with van der Waals surface area (Å²) in [6.45, 7) is 1.90. The first kappa shape index (κ1) is 20.1. The van der Waals surface area contributed by atoms with Gasteiger partial charge in [-0.15, -0.1) is 0 Å². The molecule has 0 spiro atoms. The maximum atomic E-state index is 12.3. The van der Waals surface area contributed by atoms with Crippen LogP contribution in [-0.4, -0.2) is 24.1 Å². The molecule has 0 fully saturated rings. The number of benzene rings is 2. The van der Waals surface area contributed by atoms with Crippen LogP contribution < -0.4 is 10.6 Å². The zero-order valence-corrected chi connectivity index (χ0v) is 16.1. The van der Waals surface area contributed by atoms with Gasteiger partial charge in [-0.2, -0.15) is 11.8 Å². The summed E-state index contributed by atoms with van der Waals surface area (Å²) >= 11 is 7.58. The number of rotatable bonds is 8. The number of carbonyl (C=O) groups excluding carboxylic acids is 2. The second kappa shape index (κ2) is 10.7. The number of carbonyl (C=O) groups is 2. The Hall–Kier alpha value is -2.24. The summed E-state index contributed by atoms with van der Waals surface area (Å²) in [5.74, 6) is 1.05. The van der Waals surface area contributed by atoms with Gasteiger partial charge in [-0.1, -0.05) is 54.1 Å². The van der Waals surface area contributed by atoms with Crippen LogP contribution in [0.25, 0.3) is 6.08 Å². The zero-order valence-electron chi connectivity index (χ0n) is 14.5. The molecule has 2 aromatic rings. The number of nitrogens with one attached hydrogen (secondary N) is 2. The third-order valence-corrected chi connectivity index (χ3v) is 4.66. The van der Waals surface area contributed by atoms with Crippen molar-refractivity contribution >= 4 is 41.3 Å². The van der Waals surface area contributed by atoms with E-state index in [1.54, 1.807) is 17.8 Å². The highest BCUT2D eigenvalue weighted by molar-refractivity contribution is 7.98. The van der Waals surface area contributed by atoms with Crippen LogP contribution in [0.5, 0.6) is 0 Å². The molecule has 0 atom stereocenters. The lowest BCUT2D eigenvalue weighted by atomic mass is 10.2.